The molecule has 0 aromatic rings. The summed E-state index contributed by atoms with van der Waals surface area (Å²) in [6.45, 7) is 5.89. The number of hydrogen-bond donors (Lipinski definition) is 3. The summed E-state index contributed by atoms with van der Waals surface area (Å²) in [6, 6.07) is -0.547. The molecule has 0 aromatic carbocycles. The van der Waals surface area contributed by atoms with Crippen LogP contribution in [0.1, 0.15) is 27.2 Å². The summed E-state index contributed by atoms with van der Waals surface area (Å²) in [4.78, 5) is 10.7. The van der Waals surface area contributed by atoms with E-state index in [4.69, 9.17) is 10.2 Å². The number of aliphatic carboxylic acids is 1. The van der Waals surface area contributed by atoms with Crippen LogP contribution < -0.4 is 5.32 Å². The number of nitrogens with one attached hydrogen (secondary N) is 1. The second-order valence-electron chi connectivity index (χ2n) is 3.78. The van der Waals surface area contributed by atoms with Crippen molar-refractivity contribution in [2.75, 3.05) is 6.54 Å². The van der Waals surface area contributed by atoms with Gasteiger partial charge < -0.3 is 15.5 Å². The molecule has 0 aliphatic rings. The monoisotopic (exact) mass is 189 g/mol. The van der Waals surface area contributed by atoms with Crippen molar-refractivity contribution in [1.82, 2.24) is 5.32 Å². The molecular weight excluding hydrogens is 170 g/mol. The van der Waals surface area contributed by atoms with E-state index in [9.17, 15) is 4.79 Å². The van der Waals surface area contributed by atoms with Crippen LogP contribution in [0, 0.1) is 5.92 Å². The summed E-state index contributed by atoms with van der Waals surface area (Å²) in [5.41, 5.74) is 0. The first-order chi connectivity index (χ1) is 5.93. The molecule has 4 nitrogen and oxygen atoms in total. The topological polar surface area (TPSA) is 69.6 Å². The zero-order valence-electron chi connectivity index (χ0n) is 8.45. The molecule has 4 heteroatoms. The Morgan fingerprint density at radius 2 is 1.92 bits per heavy atom. The number of hydrogen-bond acceptors (Lipinski definition) is 3. The number of carboxylic acids is 1. The van der Waals surface area contributed by atoms with Gasteiger partial charge in [-0.3, -0.25) is 4.79 Å². The number of rotatable bonds is 6. The average molecular weight is 189 g/mol. The van der Waals surface area contributed by atoms with Crippen molar-refractivity contribution < 1.29 is 15.0 Å². The molecule has 0 aliphatic carbocycles. The highest BCUT2D eigenvalue weighted by molar-refractivity contribution is 5.73. The SMILES string of the molecule is CC(C)C[C@H](NCC(C)O)C(=O)O. The second-order valence-corrected chi connectivity index (χ2v) is 3.78. The van der Waals surface area contributed by atoms with Crippen LogP contribution in [0.3, 0.4) is 0 Å². The summed E-state index contributed by atoms with van der Waals surface area (Å²) in [7, 11) is 0. The van der Waals surface area contributed by atoms with Crippen molar-refractivity contribution in [2.45, 2.75) is 39.3 Å². The molecule has 0 radical (unpaired) electrons. The van der Waals surface area contributed by atoms with Gasteiger partial charge in [-0.05, 0) is 19.3 Å². The normalized spacial score (nSPS) is 15.8. The highest BCUT2D eigenvalue weighted by atomic mass is 16.4. The lowest BCUT2D eigenvalue weighted by Crippen LogP contribution is -2.41. The maximum Gasteiger partial charge on any atom is 0.320 e. The quantitative estimate of drug-likeness (QED) is 0.567. The Balaban J connectivity index is 3.88. The molecule has 0 aliphatic heterocycles. The van der Waals surface area contributed by atoms with Gasteiger partial charge in [0.25, 0.3) is 0 Å². The van der Waals surface area contributed by atoms with Gasteiger partial charge >= 0.3 is 5.97 Å². The van der Waals surface area contributed by atoms with E-state index in [1.165, 1.54) is 0 Å². The average Bonchev–Trinajstić information content (AvgIpc) is 1.96. The van der Waals surface area contributed by atoms with Gasteiger partial charge in [-0.25, -0.2) is 0 Å². The van der Waals surface area contributed by atoms with Crippen molar-refractivity contribution in [3.8, 4) is 0 Å². The number of carboxylic acid groups (broad SMARTS) is 1. The van der Waals surface area contributed by atoms with E-state index in [1.54, 1.807) is 6.92 Å². The van der Waals surface area contributed by atoms with Crippen molar-refractivity contribution in [2.24, 2.45) is 5.92 Å². The maximum absolute atomic E-state index is 10.7. The molecule has 2 atom stereocenters. The van der Waals surface area contributed by atoms with Gasteiger partial charge in [-0.15, -0.1) is 0 Å². The molecule has 0 amide bonds. The van der Waals surface area contributed by atoms with Gasteiger partial charge in [0.1, 0.15) is 6.04 Å². The molecule has 13 heavy (non-hydrogen) atoms. The van der Waals surface area contributed by atoms with Crippen LogP contribution in [0.5, 0.6) is 0 Å². The highest BCUT2D eigenvalue weighted by Gasteiger charge is 2.18. The Morgan fingerprint density at radius 1 is 1.38 bits per heavy atom. The summed E-state index contributed by atoms with van der Waals surface area (Å²) in [5.74, 6) is -0.517. The predicted molar refractivity (Wildman–Crippen MR) is 50.6 cm³/mol. The van der Waals surface area contributed by atoms with E-state index in [0.29, 0.717) is 18.9 Å². The van der Waals surface area contributed by atoms with Crippen molar-refractivity contribution in [3.63, 3.8) is 0 Å². The summed E-state index contributed by atoms with van der Waals surface area (Å²) >= 11 is 0. The lowest BCUT2D eigenvalue weighted by atomic mass is 10.0. The highest BCUT2D eigenvalue weighted by Crippen LogP contribution is 2.04. The van der Waals surface area contributed by atoms with Gasteiger partial charge in [0, 0.05) is 6.54 Å². The Kier molecular flexibility index (Phi) is 5.66. The molecule has 0 saturated heterocycles. The van der Waals surface area contributed by atoms with E-state index >= 15 is 0 Å². The number of carbonyl (C=O) groups is 1. The van der Waals surface area contributed by atoms with Crippen LogP contribution in [0.25, 0.3) is 0 Å². The third-order valence-corrected chi connectivity index (χ3v) is 1.66. The van der Waals surface area contributed by atoms with Crippen LogP contribution in [-0.4, -0.2) is 34.9 Å². The standard InChI is InChI=1S/C9H19NO3/c1-6(2)4-8(9(12)13)10-5-7(3)11/h6-8,10-11H,4-5H2,1-3H3,(H,12,13)/t7?,8-/m0/s1. The van der Waals surface area contributed by atoms with Gasteiger partial charge in [0.2, 0.25) is 0 Å². The zero-order valence-corrected chi connectivity index (χ0v) is 8.45. The molecule has 0 spiro atoms. The van der Waals surface area contributed by atoms with Gasteiger partial charge in [0.15, 0.2) is 0 Å². The molecule has 1 unspecified atom stereocenters. The van der Waals surface area contributed by atoms with E-state index in [0.717, 1.165) is 0 Å². The summed E-state index contributed by atoms with van der Waals surface area (Å²) in [6.07, 6.45) is 0.0798. The van der Waals surface area contributed by atoms with Crippen molar-refractivity contribution >= 4 is 5.97 Å². The lowest BCUT2D eigenvalue weighted by molar-refractivity contribution is -0.140. The minimum absolute atomic E-state index is 0.323. The molecular formula is C9H19NO3. The van der Waals surface area contributed by atoms with E-state index < -0.39 is 18.1 Å². The third-order valence-electron chi connectivity index (χ3n) is 1.66. The molecule has 0 bridgehead atoms. The second kappa shape index (κ2) is 5.94. The maximum atomic E-state index is 10.7. The molecule has 3 N–H and O–H groups in total. The first-order valence-corrected chi connectivity index (χ1v) is 4.57. The predicted octanol–water partition coefficient (Wildman–Crippen LogP) is 0.456. The third kappa shape index (κ3) is 6.54. The minimum Gasteiger partial charge on any atom is -0.480 e. The summed E-state index contributed by atoms with van der Waals surface area (Å²) < 4.78 is 0. The Hall–Kier alpha value is -0.610. The Bertz CT molecular complexity index is 157. The van der Waals surface area contributed by atoms with Crippen LogP contribution in [-0.2, 0) is 4.79 Å². The molecule has 0 saturated carbocycles. The van der Waals surface area contributed by atoms with Gasteiger partial charge in [0.05, 0.1) is 6.10 Å². The number of aliphatic hydroxyl groups excluding tert-OH is 1. The minimum atomic E-state index is -0.852. The van der Waals surface area contributed by atoms with Crippen LogP contribution in [0.4, 0.5) is 0 Å². The molecule has 0 fully saturated rings. The molecule has 78 valence electrons. The van der Waals surface area contributed by atoms with Crippen LogP contribution in [0.15, 0.2) is 0 Å². The van der Waals surface area contributed by atoms with E-state index in [-0.39, 0.29) is 0 Å². The van der Waals surface area contributed by atoms with E-state index in [2.05, 4.69) is 5.32 Å². The Morgan fingerprint density at radius 3 is 2.23 bits per heavy atom. The largest absolute Gasteiger partial charge is 0.480 e. The van der Waals surface area contributed by atoms with E-state index in [1.807, 2.05) is 13.8 Å². The smallest absolute Gasteiger partial charge is 0.320 e. The fourth-order valence-corrected chi connectivity index (χ4v) is 1.06. The van der Waals surface area contributed by atoms with Crippen molar-refractivity contribution in [3.05, 3.63) is 0 Å². The fraction of sp³-hybridized carbons (Fsp3) is 0.889. The summed E-state index contributed by atoms with van der Waals surface area (Å²) in [5, 5.41) is 20.6. The van der Waals surface area contributed by atoms with Crippen LogP contribution in [0.2, 0.25) is 0 Å². The van der Waals surface area contributed by atoms with Gasteiger partial charge in [-0.2, -0.15) is 0 Å². The number of aliphatic hydroxyl groups is 1. The van der Waals surface area contributed by atoms with Crippen LogP contribution >= 0.6 is 0 Å². The fourth-order valence-electron chi connectivity index (χ4n) is 1.06. The Labute approximate surface area is 79.0 Å². The molecule has 0 rings (SSSR count). The van der Waals surface area contributed by atoms with Gasteiger partial charge in [-0.1, -0.05) is 13.8 Å². The molecule has 0 heterocycles. The molecule has 0 aromatic heterocycles. The lowest BCUT2D eigenvalue weighted by Gasteiger charge is -2.17. The van der Waals surface area contributed by atoms with Crippen molar-refractivity contribution in [1.29, 1.82) is 0 Å². The zero-order chi connectivity index (χ0) is 10.4. The first-order valence-electron chi connectivity index (χ1n) is 4.57. The first kappa shape index (κ1) is 12.4.